The Morgan fingerprint density at radius 2 is 1.96 bits per heavy atom. The second-order valence-corrected chi connectivity index (χ2v) is 7.72. The maximum atomic E-state index is 12.9. The number of hydrogen-bond donors (Lipinski definition) is 0. The van der Waals surface area contributed by atoms with Crippen LogP contribution in [0.25, 0.3) is 5.65 Å². The van der Waals surface area contributed by atoms with Crippen LogP contribution in [0.4, 0.5) is 0 Å². The minimum Gasteiger partial charge on any atom is -0.337 e. The number of fused-ring (bicyclic) bond motifs is 1. The van der Waals surface area contributed by atoms with E-state index in [1.54, 1.807) is 10.7 Å². The third-order valence-corrected chi connectivity index (χ3v) is 5.87. The molecule has 2 fully saturated rings. The molecule has 0 radical (unpaired) electrons. The highest BCUT2D eigenvalue weighted by Gasteiger charge is 2.42. The summed E-state index contributed by atoms with van der Waals surface area (Å²) in [4.78, 5) is 21.5. The molecular formula is C17H22ClN5O. The molecule has 0 N–H and O–H groups in total. The lowest BCUT2D eigenvalue weighted by atomic mass is 9.78. The molecule has 2 aromatic heterocycles. The lowest BCUT2D eigenvalue weighted by Crippen LogP contribution is -2.40. The Balaban J connectivity index is 1.57. The van der Waals surface area contributed by atoms with Gasteiger partial charge in [0.05, 0.1) is 0 Å². The molecule has 7 heteroatoms. The first kappa shape index (κ1) is 15.8. The van der Waals surface area contributed by atoms with E-state index in [4.69, 9.17) is 11.6 Å². The number of piperidine rings is 1. The molecule has 0 saturated carbocycles. The van der Waals surface area contributed by atoms with Gasteiger partial charge < -0.3 is 9.80 Å². The summed E-state index contributed by atoms with van der Waals surface area (Å²) in [6.07, 6.45) is 6.97. The van der Waals surface area contributed by atoms with Gasteiger partial charge in [-0.3, -0.25) is 4.79 Å². The Morgan fingerprint density at radius 3 is 2.71 bits per heavy atom. The Hall–Kier alpha value is -1.66. The van der Waals surface area contributed by atoms with E-state index < -0.39 is 0 Å². The molecule has 2 saturated heterocycles. The summed E-state index contributed by atoms with van der Waals surface area (Å²) in [6.45, 7) is 5.77. The predicted molar refractivity (Wildman–Crippen MR) is 92.4 cm³/mol. The summed E-state index contributed by atoms with van der Waals surface area (Å²) < 4.78 is 1.60. The van der Waals surface area contributed by atoms with Crippen molar-refractivity contribution in [2.75, 3.05) is 33.2 Å². The summed E-state index contributed by atoms with van der Waals surface area (Å²) in [5.41, 5.74) is 2.12. The van der Waals surface area contributed by atoms with Crippen LogP contribution in [-0.4, -0.2) is 63.5 Å². The van der Waals surface area contributed by atoms with E-state index in [1.165, 1.54) is 0 Å². The number of rotatable bonds is 1. The number of aromatic nitrogens is 3. The average Bonchev–Trinajstić information content (AvgIpc) is 3.12. The van der Waals surface area contributed by atoms with E-state index in [9.17, 15) is 4.79 Å². The van der Waals surface area contributed by atoms with Crippen LogP contribution < -0.4 is 0 Å². The van der Waals surface area contributed by atoms with E-state index in [0.29, 0.717) is 16.4 Å². The number of carbonyl (C=O) groups excluding carboxylic acids is 1. The molecule has 2 aliphatic heterocycles. The van der Waals surface area contributed by atoms with Gasteiger partial charge in [0.25, 0.3) is 5.91 Å². The fraction of sp³-hybridized carbons (Fsp3) is 0.588. The normalized spacial score (nSPS) is 21.0. The van der Waals surface area contributed by atoms with Crippen molar-refractivity contribution in [3.05, 3.63) is 28.7 Å². The monoisotopic (exact) mass is 347 g/mol. The van der Waals surface area contributed by atoms with Crippen molar-refractivity contribution in [2.24, 2.45) is 5.41 Å². The van der Waals surface area contributed by atoms with Crippen LogP contribution in [0.2, 0.25) is 5.02 Å². The molecule has 0 unspecified atom stereocenters. The van der Waals surface area contributed by atoms with Gasteiger partial charge in [-0.2, -0.15) is 5.10 Å². The molecule has 4 heterocycles. The highest BCUT2D eigenvalue weighted by Crippen LogP contribution is 2.40. The minimum atomic E-state index is -0.0704. The molecule has 0 aliphatic carbocycles. The van der Waals surface area contributed by atoms with Gasteiger partial charge in [0.2, 0.25) is 0 Å². The summed E-state index contributed by atoms with van der Waals surface area (Å²) >= 11 is 6.38. The number of nitrogens with zero attached hydrogens (tertiary/aromatic N) is 5. The van der Waals surface area contributed by atoms with Crippen LogP contribution in [0.1, 0.15) is 35.3 Å². The van der Waals surface area contributed by atoms with Gasteiger partial charge >= 0.3 is 0 Å². The van der Waals surface area contributed by atoms with Crippen molar-refractivity contribution in [1.29, 1.82) is 0 Å². The summed E-state index contributed by atoms with van der Waals surface area (Å²) in [5.74, 6) is -0.0704. The molecule has 2 aliphatic rings. The number of likely N-dealkylation sites (tertiary alicyclic amines) is 2. The second kappa shape index (κ2) is 5.70. The fourth-order valence-electron chi connectivity index (χ4n) is 3.90. The van der Waals surface area contributed by atoms with E-state index in [1.807, 2.05) is 18.0 Å². The summed E-state index contributed by atoms with van der Waals surface area (Å²) in [7, 11) is 2.16. The molecule has 0 bridgehead atoms. The first-order chi connectivity index (χ1) is 11.5. The van der Waals surface area contributed by atoms with E-state index in [0.717, 1.165) is 51.0 Å². The molecule has 4 rings (SSSR count). The number of aryl methyl sites for hydroxylation is 1. The van der Waals surface area contributed by atoms with Crippen LogP contribution in [0.3, 0.4) is 0 Å². The van der Waals surface area contributed by atoms with E-state index in [2.05, 4.69) is 22.0 Å². The van der Waals surface area contributed by atoms with Gasteiger partial charge in [0.15, 0.2) is 11.3 Å². The van der Waals surface area contributed by atoms with E-state index >= 15 is 0 Å². The zero-order chi connectivity index (χ0) is 16.9. The molecule has 24 heavy (non-hydrogen) atoms. The number of hydrogen-bond acceptors (Lipinski definition) is 4. The van der Waals surface area contributed by atoms with Crippen molar-refractivity contribution in [3.8, 4) is 0 Å². The van der Waals surface area contributed by atoms with Crippen molar-refractivity contribution in [1.82, 2.24) is 24.4 Å². The molecule has 6 nitrogen and oxygen atoms in total. The van der Waals surface area contributed by atoms with E-state index in [-0.39, 0.29) is 11.3 Å². The lowest BCUT2D eigenvalue weighted by molar-refractivity contribution is 0.0731. The molecule has 2 aromatic rings. The number of carbonyl (C=O) groups is 1. The standard InChI is InChI=1S/C17H22ClN5O/c1-12-9-19-15-13(18)14(20-23(15)10-12)16(24)22-8-5-17(11-22)3-6-21(2)7-4-17/h9-10H,3-8,11H2,1-2H3. The topological polar surface area (TPSA) is 53.7 Å². The molecule has 0 aromatic carbocycles. The van der Waals surface area contributed by atoms with Gasteiger partial charge in [-0.1, -0.05) is 11.6 Å². The quantitative estimate of drug-likeness (QED) is 0.794. The highest BCUT2D eigenvalue weighted by molar-refractivity contribution is 6.36. The molecule has 0 atom stereocenters. The third kappa shape index (κ3) is 2.58. The number of halogens is 1. The Morgan fingerprint density at radius 1 is 1.25 bits per heavy atom. The highest BCUT2D eigenvalue weighted by atomic mass is 35.5. The largest absolute Gasteiger partial charge is 0.337 e. The average molecular weight is 348 g/mol. The van der Waals surface area contributed by atoms with Crippen molar-refractivity contribution in [2.45, 2.75) is 26.2 Å². The number of amides is 1. The van der Waals surface area contributed by atoms with Crippen LogP contribution in [0.15, 0.2) is 12.4 Å². The van der Waals surface area contributed by atoms with Crippen LogP contribution in [-0.2, 0) is 0 Å². The predicted octanol–water partition coefficient (Wildman–Crippen LogP) is 2.25. The fourth-order valence-corrected chi connectivity index (χ4v) is 4.15. The summed E-state index contributed by atoms with van der Waals surface area (Å²) in [5, 5.41) is 4.74. The van der Waals surface area contributed by atoms with Gasteiger partial charge in [-0.05, 0) is 57.3 Å². The third-order valence-electron chi connectivity index (χ3n) is 5.52. The van der Waals surface area contributed by atoms with Crippen LogP contribution in [0, 0.1) is 12.3 Å². The van der Waals surface area contributed by atoms with Gasteiger partial charge in [-0.25, -0.2) is 9.50 Å². The first-order valence-electron chi connectivity index (χ1n) is 8.46. The Kier molecular flexibility index (Phi) is 3.77. The maximum Gasteiger partial charge on any atom is 0.276 e. The Labute approximate surface area is 146 Å². The van der Waals surface area contributed by atoms with Crippen LogP contribution >= 0.6 is 11.6 Å². The van der Waals surface area contributed by atoms with Gasteiger partial charge in [0.1, 0.15) is 5.02 Å². The SMILES string of the molecule is Cc1cnc2c(Cl)c(C(=O)N3CCC4(CCN(C)CC4)C3)nn2c1. The lowest BCUT2D eigenvalue weighted by Gasteiger charge is -2.37. The maximum absolute atomic E-state index is 12.9. The summed E-state index contributed by atoms with van der Waals surface area (Å²) in [6, 6.07) is 0. The van der Waals surface area contributed by atoms with Gasteiger partial charge in [-0.15, -0.1) is 0 Å². The van der Waals surface area contributed by atoms with Gasteiger partial charge in [0, 0.05) is 25.5 Å². The van der Waals surface area contributed by atoms with Crippen molar-refractivity contribution < 1.29 is 4.79 Å². The Bertz CT molecular complexity index is 794. The zero-order valence-electron chi connectivity index (χ0n) is 14.1. The molecular weight excluding hydrogens is 326 g/mol. The van der Waals surface area contributed by atoms with Crippen molar-refractivity contribution >= 4 is 23.2 Å². The minimum absolute atomic E-state index is 0.0704. The van der Waals surface area contributed by atoms with Crippen LogP contribution in [0.5, 0.6) is 0 Å². The second-order valence-electron chi connectivity index (χ2n) is 7.34. The first-order valence-corrected chi connectivity index (χ1v) is 8.84. The smallest absolute Gasteiger partial charge is 0.276 e. The molecule has 1 amide bonds. The zero-order valence-corrected chi connectivity index (χ0v) is 14.9. The van der Waals surface area contributed by atoms with Crippen molar-refractivity contribution in [3.63, 3.8) is 0 Å². The molecule has 1 spiro atoms. The molecule has 128 valence electrons.